The lowest BCUT2D eigenvalue weighted by Gasteiger charge is -2.28. The van der Waals surface area contributed by atoms with Crippen LogP contribution in [0.25, 0.3) is 0 Å². The van der Waals surface area contributed by atoms with Crippen molar-refractivity contribution in [1.29, 1.82) is 0 Å². The van der Waals surface area contributed by atoms with E-state index in [1.165, 1.54) is 5.69 Å². The van der Waals surface area contributed by atoms with Gasteiger partial charge in [-0.3, -0.25) is 4.98 Å². The fraction of sp³-hybridized carbons (Fsp3) is 0.643. The van der Waals surface area contributed by atoms with Crippen molar-refractivity contribution in [1.82, 2.24) is 9.88 Å². The minimum atomic E-state index is 0.546. The molecule has 1 aromatic heterocycles. The molecule has 0 aliphatic carbocycles. The van der Waals surface area contributed by atoms with Gasteiger partial charge in [0.25, 0.3) is 0 Å². The molecule has 0 radical (unpaired) electrons. The number of aromatic nitrogens is 1. The van der Waals surface area contributed by atoms with E-state index in [0.29, 0.717) is 6.54 Å². The molecule has 0 amide bonds. The van der Waals surface area contributed by atoms with Crippen molar-refractivity contribution in [2.45, 2.75) is 26.8 Å². The summed E-state index contributed by atoms with van der Waals surface area (Å²) in [5, 5.41) is 0. The molecule has 0 aliphatic heterocycles. The Bertz CT molecular complexity index is 363. The smallest absolute Gasteiger partial charge is 0.0445 e. The molecule has 1 rings (SSSR count). The number of aryl methyl sites for hydroxylation is 1. The summed E-state index contributed by atoms with van der Waals surface area (Å²) in [6, 6.07) is 2.15. The lowest BCUT2D eigenvalue weighted by atomic mass is 10.1. The van der Waals surface area contributed by atoms with Gasteiger partial charge >= 0.3 is 0 Å². The van der Waals surface area contributed by atoms with Crippen molar-refractivity contribution in [2.24, 2.45) is 5.73 Å². The normalized spacial score (nSPS) is 11.0. The van der Waals surface area contributed by atoms with Crippen molar-refractivity contribution in [2.75, 3.05) is 38.6 Å². The number of likely N-dealkylation sites (N-methyl/N-ethyl adjacent to an activating group) is 1. The zero-order chi connectivity index (χ0) is 13.5. The van der Waals surface area contributed by atoms with Crippen LogP contribution < -0.4 is 10.6 Å². The maximum Gasteiger partial charge on any atom is 0.0445 e. The molecule has 0 spiro atoms. The third kappa shape index (κ3) is 4.27. The van der Waals surface area contributed by atoms with Gasteiger partial charge in [0.15, 0.2) is 0 Å². The Kier molecular flexibility index (Phi) is 6.09. The average Bonchev–Trinajstić information content (AvgIpc) is 2.34. The third-order valence-corrected chi connectivity index (χ3v) is 2.97. The van der Waals surface area contributed by atoms with E-state index >= 15 is 0 Å². The molecule has 2 N–H and O–H groups in total. The molecular formula is C14H26N4. The molecule has 0 aliphatic rings. The third-order valence-electron chi connectivity index (χ3n) is 2.97. The van der Waals surface area contributed by atoms with E-state index in [4.69, 9.17) is 5.73 Å². The molecule has 0 atom stereocenters. The highest BCUT2D eigenvalue weighted by atomic mass is 15.2. The van der Waals surface area contributed by atoms with Gasteiger partial charge in [-0.1, -0.05) is 6.92 Å². The lowest BCUT2D eigenvalue weighted by Crippen LogP contribution is -2.33. The van der Waals surface area contributed by atoms with Crippen molar-refractivity contribution in [3.05, 3.63) is 23.5 Å². The minimum Gasteiger partial charge on any atom is -0.370 e. The maximum absolute atomic E-state index is 5.81. The molecule has 102 valence electrons. The number of hydrogen-bond acceptors (Lipinski definition) is 4. The monoisotopic (exact) mass is 250 g/mol. The molecule has 0 fully saturated rings. The highest BCUT2D eigenvalue weighted by Gasteiger charge is 2.11. The predicted molar refractivity (Wildman–Crippen MR) is 77.9 cm³/mol. The Morgan fingerprint density at radius 3 is 2.50 bits per heavy atom. The van der Waals surface area contributed by atoms with Crippen molar-refractivity contribution in [3.63, 3.8) is 0 Å². The van der Waals surface area contributed by atoms with Crippen LogP contribution in [0, 0.1) is 6.92 Å². The Labute approximate surface area is 111 Å². The molecule has 0 saturated heterocycles. The molecule has 4 heteroatoms. The van der Waals surface area contributed by atoms with E-state index in [2.05, 4.69) is 41.9 Å². The van der Waals surface area contributed by atoms with Gasteiger partial charge in [-0.25, -0.2) is 0 Å². The van der Waals surface area contributed by atoms with Crippen molar-refractivity contribution < 1.29 is 0 Å². The summed E-state index contributed by atoms with van der Waals surface area (Å²) in [5.41, 5.74) is 9.24. The van der Waals surface area contributed by atoms with Crippen LogP contribution in [0.15, 0.2) is 12.3 Å². The highest BCUT2D eigenvalue weighted by molar-refractivity contribution is 5.53. The van der Waals surface area contributed by atoms with Crippen molar-refractivity contribution in [3.8, 4) is 0 Å². The first kappa shape index (κ1) is 14.9. The molecule has 18 heavy (non-hydrogen) atoms. The van der Waals surface area contributed by atoms with Crippen LogP contribution in [0.1, 0.15) is 24.6 Å². The van der Waals surface area contributed by atoms with Gasteiger partial charge in [0.1, 0.15) is 0 Å². The highest BCUT2D eigenvalue weighted by Crippen LogP contribution is 2.20. The van der Waals surface area contributed by atoms with Crippen LogP contribution in [-0.2, 0) is 6.54 Å². The van der Waals surface area contributed by atoms with E-state index in [9.17, 15) is 0 Å². The van der Waals surface area contributed by atoms with Gasteiger partial charge < -0.3 is 15.5 Å². The first-order valence-corrected chi connectivity index (χ1v) is 6.63. The van der Waals surface area contributed by atoms with E-state index in [1.807, 2.05) is 13.1 Å². The average molecular weight is 250 g/mol. The molecule has 1 heterocycles. The van der Waals surface area contributed by atoms with E-state index < -0.39 is 0 Å². The Balaban J connectivity index is 2.92. The second-order valence-corrected chi connectivity index (χ2v) is 4.95. The van der Waals surface area contributed by atoms with Gasteiger partial charge in [0.2, 0.25) is 0 Å². The topological polar surface area (TPSA) is 45.4 Å². The van der Waals surface area contributed by atoms with Crippen molar-refractivity contribution >= 4 is 5.69 Å². The first-order chi connectivity index (χ1) is 8.58. The SMILES string of the molecule is CCCN(CCN(C)C)c1cc(C)ncc1CN. The molecule has 0 unspecified atom stereocenters. The number of nitrogens with zero attached hydrogens (tertiary/aromatic N) is 3. The molecule has 1 aromatic rings. The fourth-order valence-corrected chi connectivity index (χ4v) is 1.97. The second kappa shape index (κ2) is 7.34. The van der Waals surface area contributed by atoms with Gasteiger partial charge in [-0.15, -0.1) is 0 Å². The van der Waals surface area contributed by atoms with Crippen LogP contribution in [-0.4, -0.2) is 43.6 Å². The lowest BCUT2D eigenvalue weighted by molar-refractivity contribution is 0.413. The number of anilines is 1. The molecular weight excluding hydrogens is 224 g/mol. The Hall–Kier alpha value is -1.13. The Morgan fingerprint density at radius 2 is 1.94 bits per heavy atom. The zero-order valence-corrected chi connectivity index (χ0v) is 12.1. The minimum absolute atomic E-state index is 0.546. The molecule has 0 saturated carbocycles. The summed E-state index contributed by atoms with van der Waals surface area (Å²) in [7, 11) is 4.21. The largest absolute Gasteiger partial charge is 0.370 e. The predicted octanol–water partition coefficient (Wildman–Crippen LogP) is 1.63. The van der Waals surface area contributed by atoms with Crippen LogP contribution >= 0.6 is 0 Å². The standard InChI is InChI=1S/C14H26N4/c1-5-6-18(8-7-17(3)4)14-9-12(2)16-11-13(14)10-15/h9,11H,5-8,10,15H2,1-4H3. The van der Waals surface area contributed by atoms with E-state index in [-0.39, 0.29) is 0 Å². The summed E-state index contributed by atoms with van der Waals surface area (Å²) in [5.74, 6) is 0. The van der Waals surface area contributed by atoms with E-state index in [0.717, 1.165) is 37.3 Å². The first-order valence-electron chi connectivity index (χ1n) is 6.63. The fourth-order valence-electron chi connectivity index (χ4n) is 1.97. The van der Waals surface area contributed by atoms with Gasteiger partial charge in [0.05, 0.1) is 0 Å². The number of pyridine rings is 1. The van der Waals surface area contributed by atoms with Gasteiger partial charge in [0, 0.05) is 49.3 Å². The quantitative estimate of drug-likeness (QED) is 0.799. The number of nitrogens with two attached hydrogens (primary N) is 1. The summed E-state index contributed by atoms with van der Waals surface area (Å²) >= 11 is 0. The van der Waals surface area contributed by atoms with Crippen LogP contribution in [0.3, 0.4) is 0 Å². The summed E-state index contributed by atoms with van der Waals surface area (Å²) in [4.78, 5) is 8.95. The van der Waals surface area contributed by atoms with Crippen LogP contribution in [0.4, 0.5) is 5.69 Å². The van der Waals surface area contributed by atoms with Crippen LogP contribution in [0.2, 0.25) is 0 Å². The summed E-state index contributed by atoms with van der Waals surface area (Å²) in [6.45, 7) is 7.91. The van der Waals surface area contributed by atoms with Gasteiger partial charge in [-0.05, 0) is 33.5 Å². The second-order valence-electron chi connectivity index (χ2n) is 4.95. The summed E-state index contributed by atoms with van der Waals surface area (Å²) in [6.07, 6.45) is 3.04. The molecule has 0 bridgehead atoms. The Morgan fingerprint density at radius 1 is 1.22 bits per heavy atom. The zero-order valence-electron chi connectivity index (χ0n) is 12.1. The number of rotatable bonds is 7. The summed E-state index contributed by atoms with van der Waals surface area (Å²) < 4.78 is 0. The van der Waals surface area contributed by atoms with E-state index in [1.54, 1.807) is 0 Å². The number of hydrogen-bond donors (Lipinski definition) is 1. The van der Waals surface area contributed by atoms with Crippen LogP contribution in [0.5, 0.6) is 0 Å². The molecule has 4 nitrogen and oxygen atoms in total. The molecule has 0 aromatic carbocycles. The van der Waals surface area contributed by atoms with Gasteiger partial charge in [-0.2, -0.15) is 0 Å². The maximum atomic E-state index is 5.81.